The van der Waals surface area contributed by atoms with Crippen molar-refractivity contribution >= 4 is 15.9 Å². The largest absolute Gasteiger partial charge is 0.299 e. The Bertz CT molecular complexity index is 234. The third-order valence-electron chi connectivity index (χ3n) is 3.60. The molecule has 14 heavy (non-hydrogen) atoms. The number of alkyl halides is 3. The molecular weight excluding hydrogens is 252 g/mol. The molecule has 2 atom stereocenters. The van der Waals surface area contributed by atoms with Crippen LogP contribution >= 0.6 is 15.9 Å². The molecule has 1 heterocycles. The molecule has 0 amide bonds. The fourth-order valence-electron chi connectivity index (χ4n) is 2.34. The predicted molar refractivity (Wildman–Crippen MR) is 56.1 cm³/mol. The lowest BCUT2D eigenvalue weighted by Gasteiger charge is -2.26. The highest BCUT2D eigenvalue weighted by molar-refractivity contribution is 9.09. The molecule has 2 aliphatic rings. The Morgan fingerprint density at radius 3 is 2.64 bits per heavy atom. The van der Waals surface area contributed by atoms with Crippen LogP contribution in [0, 0.1) is 5.41 Å². The van der Waals surface area contributed by atoms with Crippen LogP contribution in [-0.4, -0.2) is 35.3 Å². The lowest BCUT2D eigenvalue weighted by molar-refractivity contribution is 0.0523. The van der Waals surface area contributed by atoms with Gasteiger partial charge in [-0.25, -0.2) is 8.78 Å². The Morgan fingerprint density at radius 2 is 2.14 bits per heavy atom. The summed E-state index contributed by atoms with van der Waals surface area (Å²) in [4.78, 5) is 2.22. The fourth-order valence-corrected chi connectivity index (χ4v) is 3.08. The summed E-state index contributed by atoms with van der Waals surface area (Å²) >= 11 is 3.44. The van der Waals surface area contributed by atoms with Gasteiger partial charge >= 0.3 is 0 Å². The number of hydrogen-bond acceptors (Lipinski definition) is 1. The smallest absolute Gasteiger partial charge is 0.255 e. The van der Waals surface area contributed by atoms with Gasteiger partial charge in [0.2, 0.25) is 0 Å². The van der Waals surface area contributed by atoms with Crippen LogP contribution in [0.1, 0.15) is 26.2 Å². The van der Waals surface area contributed by atoms with Crippen molar-refractivity contribution in [1.29, 1.82) is 0 Å². The molecule has 0 bridgehead atoms. The van der Waals surface area contributed by atoms with Gasteiger partial charge in [-0.1, -0.05) is 22.9 Å². The molecule has 0 aromatic carbocycles. The number of nitrogens with zero attached hydrogens (tertiary/aromatic N) is 1. The maximum absolute atomic E-state index is 13.0. The molecule has 0 radical (unpaired) electrons. The zero-order valence-electron chi connectivity index (χ0n) is 8.40. The first kappa shape index (κ1) is 10.8. The zero-order chi connectivity index (χ0) is 10.4. The van der Waals surface area contributed by atoms with Crippen molar-refractivity contribution in [3.63, 3.8) is 0 Å². The molecule has 1 saturated heterocycles. The molecule has 82 valence electrons. The van der Waals surface area contributed by atoms with Gasteiger partial charge in [0.25, 0.3) is 5.92 Å². The van der Waals surface area contributed by atoms with Gasteiger partial charge in [0.15, 0.2) is 0 Å². The molecule has 1 unspecified atom stereocenters. The van der Waals surface area contributed by atoms with E-state index in [0.29, 0.717) is 12.6 Å². The normalized spacial score (nSPS) is 41.6. The molecular formula is C10H16BrF2N. The Labute approximate surface area is 92.0 Å². The SMILES string of the molecule is CC1(CN2CCC[C@H]2CBr)CC1(F)F. The van der Waals surface area contributed by atoms with Gasteiger partial charge in [-0.05, 0) is 19.4 Å². The third-order valence-corrected chi connectivity index (χ3v) is 4.35. The highest BCUT2D eigenvalue weighted by Crippen LogP contribution is 2.60. The van der Waals surface area contributed by atoms with E-state index >= 15 is 0 Å². The van der Waals surface area contributed by atoms with Gasteiger partial charge in [0.05, 0.1) is 0 Å². The van der Waals surface area contributed by atoms with E-state index in [1.165, 1.54) is 0 Å². The summed E-state index contributed by atoms with van der Waals surface area (Å²) in [5, 5.41) is 0.911. The van der Waals surface area contributed by atoms with Crippen molar-refractivity contribution < 1.29 is 8.78 Å². The van der Waals surface area contributed by atoms with Crippen molar-refractivity contribution in [2.24, 2.45) is 5.41 Å². The molecule has 2 rings (SSSR count). The van der Waals surface area contributed by atoms with E-state index in [0.717, 1.165) is 24.7 Å². The Morgan fingerprint density at radius 1 is 1.50 bits per heavy atom. The number of halogens is 3. The molecule has 0 aromatic rings. The summed E-state index contributed by atoms with van der Waals surface area (Å²) in [6.45, 7) is 3.26. The summed E-state index contributed by atoms with van der Waals surface area (Å²) in [7, 11) is 0. The van der Waals surface area contributed by atoms with E-state index in [-0.39, 0.29) is 6.42 Å². The van der Waals surface area contributed by atoms with Crippen molar-refractivity contribution in [2.75, 3.05) is 18.4 Å². The predicted octanol–water partition coefficient (Wildman–Crippen LogP) is 2.89. The molecule has 1 saturated carbocycles. The van der Waals surface area contributed by atoms with Gasteiger partial charge in [-0.2, -0.15) is 0 Å². The first-order chi connectivity index (χ1) is 6.48. The first-order valence-corrected chi connectivity index (χ1v) is 6.28. The minimum atomic E-state index is -2.41. The van der Waals surface area contributed by atoms with Crippen molar-refractivity contribution in [2.45, 2.75) is 38.2 Å². The monoisotopic (exact) mass is 267 g/mol. The van der Waals surface area contributed by atoms with E-state index in [1.807, 2.05) is 0 Å². The average molecular weight is 268 g/mol. The van der Waals surface area contributed by atoms with Gasteiger partial charge in [-0.3, -0.25) is 4.90 Å². The molecule has 1 aliphatic carbocycles. The topological polar surface area (TPSA) is 3.24 Å². The van der Waals surface area contributed by atoms with Gasteiger partial charge in [0.1, 0.15) is 0 Å². The molecule has 4 heteroatoms. The van der Waals surface area contributed by atoms with Gasteiger partial charge in [-0.15, -0.1) is 0 Å². The Kier molecular flexibility index (Phi) is 2.63. The Hall–Kier alpha value is 0.300. The zero-order valence-corrected chi connectivity index (χ0v) is 9.99. The fraction of sp³-hybridized carbons (Fsp3) is 1.00. The van der Waals surface area contributed by atoms with Crippen LogP contribution in [0.2, 0.25) is 0 Å². The molecule has 1 aliphatic heterocycles. The van der Waals surface area contributed by atoms with Gasteiger partial charge < -0.3 is 0 Å². The summed E-state index contributed by atoms with van der Waals surface area (Å²) in [5.74, 6) is -2.41. The highest BCUT2D eigenvalue weighted by Gasteiger charge is 2.68. The highest BCUT2D eigenvalue weighted by atomic mass is 79.9. The maximum Gasteiger partial charge on any atom is 0.255 e. The van der Waals surface area contributed by atoms with E-state index in [9.17, 15) is 8.78 Å². The summed E-state index contributed by atoms with van der Waals surface area (Å²) in [5.41, 5.74) is -0.738. The molecule has 2 fully saturated rings. The van der Waals surface area contributed by atoms with E-state index < -0.39 is 11.3 Å². The molecule has 0 N–H and O–H groups in total. The molecule has 0 spiro atoms. The van der Waals surface area contributed by atoms with Gasteiger partial charge in [0, 0.05) is 29.8 Å². The van der Waals surface area contributed by atoms with E-state index in [1.54, 1.807) is 6.92 Å². The lowest BCUT2D eigenvalue weighted by atomic mass is 10.1. The van der Waals surface area contributed by atoms with Crippen LogP contribution in [0.4, 0.5) is 8.78 Å². The quantitative estimate of drug-likeness (QED) is 0.711. The minimum Gasteiger partial charge on any atom is -0.299 e. The van der Waals surface area contributed by atoms with Crippen LogP contribution in [-0.2, 0) is 0 Å². The Balaban J connectivity index is 1.92. The second-order valence-electron chi connectivity index (χ2n) is 4.86. The second-order valence-corrected chi connectivity index (χ2v) is 5.51. The third kappa shape index (κ3) is 1.71. The number of rotatable bonds is 3. The van der Waals surface area contributed by atoms with Crippen LogP contribution in [0.25, 0.3) is 0 Å². The lowest BCUT2D eigenvalue weighted by Crippen LogP contribution is -2.36. The van der Waals surface area contributed by atoms with Crippen LogP contribution in [0.5, 0.6) is 0 Å². The van der Waals surface area contributed by atoms with Crippen molar-refractivity contribution in [3.05, 3.63) is 0 Å². The summed E-state index contributed by atoms with van der Waals surface area (Å²) in [6.07, 6.45) is 2.37. The summed E-state index contributed by atoms with van der Waals surface area (Å²) in [6, 6.07) is 0.475. The standard InChI is InChI=1S/C10H16BrF2N/c1-9(6-10(9,12)13)7-14-4-2-3-8(14)5-11/h8H,2-7H2,1H3/t8-,9?/m0/s1. The number of hydrogen-bond donors (Lipinski definition) is 0. The van der Waals surface area contributed by atoms with E-state index in [2.05, 4.69) is 20.8 Å². The van der Waals surface area contributed by atoms with Crippen molar-refractivity contribution in [1.82, 2.24) is 4.90 Å². The van der Waals surface area contributed by atoms with Crippen LogP contribution < -0.4 is 0 Å². The van der Waals surface area contributed by atoms with Crippen LogP contribution in [0.15, 0.2) is 0 Å². The number of likely N-dealkylation sites (tertiary alicyclic amines) is 1. The second kappa shape index (κ2) is 3.41. The van der Waals surface area contributed by atoms with E-state index in [4.69, 9.17) is 0 Å². The average Bonchev–Trinajstić information content (AvgIpc) is 2.48. The molecule has 1 nitrogen and oxygen atoms in total. The summed E-state index contributed by atoms with van der Waals surface area (Å²) < 4.78 is 26.1. The van der Waals surface area contributed by atoms with Crippen LogP contribution in [0.3, 0.4) is 0 Å². The molecule has 0 aromatic heterocycles. The first-order valence-electron chi connectivity index (χ1n) is 5.16. The van der Waals surface area contributed by atoms with Crippen molar-refractivity contribution in [3.8, 4) is 0 Å². The maximum atomic E-state index is 13.0. The minimum absolute atomic E-state index is 0.0749.